The lowest BCUT2D eigenvalue weighted by Gasteiger charge is -2.17. The highest BCUT2D eigenvalue weighted by atomic mass is 79.9. The fourth-order valence-electron chi connectivity index (χ4n) is 2.19. The Morgan fingerprint density at radius 2 is 1.87 bits per heavy atom. The number of alkyl halides is 1. The highest BCUT2D eigenvalue weighted by Gasteiger charge is 2.11. The lowest BCUT2D eigenvalue weighted by molar-refractivity contribution is 0.0519. The molecular weight excluding hydrogens is 376 g/mol. The van der Waals surface area contributed by atoms with Crippen LogP contribution >= 0.6 is 27.5 Å². The zero-order chi connectivity index (χ0) is 16.5. The Bertz CT molecular complexity index is 589. The Kier molecular flexibility index (Phi) is 7.93. The third kappa shape index (κ3) is 6.17. The van der Waals surface area contributed by atoms with Crippen LogP contribution in [-0.4, -0.2) is 12.5 Å². The van der Waals surface area contributed by atoms with Crippen LogP contribution in [0.1, 0.15) is 37.0 Å². The zero-order valence-electron chi connectivity index (χ0n) is 13.3. The molecule has 0 aromatic heterocycles. The number of ether oxygens (including phenoxy) is 2. The fraction of sp³-hybridized carbons (Fsp3) is 0.368. The third-order valence-electron chi connectivity index (χ3n) is 3.54. The molecule has 0 heterocycles. The SMILES string of the molecule is CC(OCc1ccccc1)c1cc(OCCCCCl)ccc1Br. The first-order valence-electron chi connectivity index (χ1n) is 7.84. The number of benzene rings is 2. The van der Waals surface area contributed by atoms with Gasteiger partial charge in [0.05, 0.1) is 19.3 Å². The summed E-state index contributed by atoms with van der Waals surface area (Å²) in [5.41, 5.74) is 2.26. The van der Waals surface area contributed by atoms with Crippen LogP contribution in [0.4, 0.5) is 0 Å². The summed E-state index contributed by atoms with van der Waals surface area (Å²) in [7, 11) is 0. The van der Waals surface area contributed by atoms with E-state index in [4.69, 9.17) is 21.1 Å². The summed E-state index contributed by atoms with van der Waals surface area (Å²) < 4.78 is 12.8. The molecule has 2 aromatic rings. The van der Waals surface area contributed by atoms with E-state index in [9.17, 15) is 0 Å². The molecule has 0 aliphatic heterocycles. The van der Waals surface area contributed by atoms with Crippen molar-refractivity contribution < 1.29 is 9.47 Å². The predicted octanol–water partition coefficient (Wildman–Crippen LogP) is 6.12. The van der Waals surface area contributed by atoms with Crippen LogP contribution in [0.25, 0.3) is 0 Å². The van der Waals surface area contributed by atoms with E-state index >= 15 is 0 Å². The van der Waals surface area contributed by atoms with Crippen LogP contribution in [0.3, 0.4) is 0 Å². The lowest BCUT2D eigenvalue weighted by Crippen LogP contribution is -2.03. The van der Waals surface area contributed by atoms with E-state index in [0.717, 1.165) is 28.6 Å². The van der Waals surface area contributed by atoms with Crippen molar-refractivity contribution in [1.82, 2.24) is 0 Å². The Hall–Kier alpha value is -1.03. The zero-order valence-corrected chi connectivity index (χ0v) is 15.6. The van der Waals surface area contributed by atoms with Crippen molar-refractivity contribution in [3.8, 4) is 5.75 Å². The minimum Gasteiger partial charge on any atom is -0.494 e. The summed E-state index contributed by atoms with van der Waals surface area (Å²) in [6, 6.07) is 16.2. The van der Waals surface area contributed by atoms with E-state index in [0.29, 0.717) is 19.1 Å². The van der Waals surface area contributed by atoms with Crippen LogP contribution in [0.2, 0.25) is 0 Å². The molecule has 0 aliphatic rings. The van der Waals surface area contributed by atoms with Crippen molar-refractivity contribution in [2.75, 3.05) is 12.5 Å². The highest BCUT2D eigenvalue weighted by molar-refractivity contribution is 9.10. The summed E-state index contributed by atoms with van der Waals surface area (Å²) in [4.78, 5) is 0. The number of halogens is 2. The number of rotatable bonds is 9. The fourth-order valence-corrected chi connectivity index (χ4v) is 2.95. The Balaban J connectivity index is 1.94. The summed E-state index contributed by atoms with van der Waals surface area (Å²) in [5, 5.41) is 0. The van der Waals surface area contributed by atoms with Crippen molar-refractivity contribution in [2.24, 2.45) is 0 Å². The van der Waals surface area contributed by atoms with Gasteiger partial charge in [0.15, 0.2) is 0 Å². The van der Waals surface area contributed by atoms with Crippen molar-refractivity contribution in [3.05, 3.63) is 64.1 Å². The maximum Gasteiger partial charge on any atom is 0.119 e. The molecule has 0 N–H and O–H groups in total. The van der Waals surface area contributed by atoms with Crippen molar-refractivity contribution in [1.29, 1.82) is 0 Å². The van der Waals surface area contributed by atoms with E-state index < -0.39 is 0 Å². The lowest BCUT2D eigenvalue weighted by atomic mass is 10.1. The largest absolute Gasteiger partial charge is 0.494 e. The molecule has 0 radical (unpaired) electrons. The van der Waals surface area contributed by atoms with Crippen LogP contribution < -0.4 is 4.74 Å². The summed E-state index contributed by atoms with van der Waals surface area (Å²) in [6.07, 6.45) is 1.92. The van der Waals surface area contributed by atoms with Crippen LogP contribution in [0, 0.1) is 0 Å². The monoisotopic (exact) mass is 396 g/mol. The first kappa shape index (κ1) is 18.3. The van der Waals surface area contributed by atoms with Gasteiger partial charge >= 0.3 is 0 Å². The molecule has 0 saturated carbocycles. The summed E-state index contributed by atoms with van der Waals surface area (Å²) >= 11 is 9.28. The molecule has 0 spiro atoms. The molecular formula is C19H22BrClO2. The van der Waals surface area contributed by atoms with Gasteiger partial charge in [-0.25, -0.2) is 0 Å². The number of unbranched alkanes of at least 4 members (excludes halogenated alkanes) is 1. The van der Waals surface area contributed by atoms with Crippen molar-refractivity contribution in [3.63, 3.8) is 0 Å². The Labute approximate surface area is 151 Å². The Morgan fingerprint density at radius 1 is 1.09 bits per heavy atom. The average Bonchev–Trinajstić information content (AvgIpc) is 2.59. The van der Waals surface area contributed by atoms with Gasteiger partial charge in [0.2, 0.25) is 0 Å². The van der Waals surface area contributed by atoms with Crippen LogP contribution in [0.15, 0.2) is 53.0 Å². The molecule has 0 aliphatic carbocycles. The molecule has 23 heavy (non-hydrogen) atoms. The van der Waals surface area contributed by atoms with Gasteiger partial charge in [0, 0.05) is 10.4 Å². The van der Waals surface area contributed by atoms with Gasteiger partial charge in [-0.15, -0.1) is 11.6 Å². The van der Waals surface area contributed by atoms with E-state index in [-0.39, 0.29) is 6.10 Å². The van der Waals surface area contributed by atoms with Crippen LogP contribution in [-0.2, 0) is 11.3 Å². The molecule has 2 rings (SSSR count). The quantitative estimate of drug-likeness (QED) is 0.374. The second-order valence-electron chi connectivity index (χ2n) is 5.37. The van der Waals surface area contributed by atoms with Gasteiger partial charge in [-0.1, -0.05) is 46.3 Å². The molecule has 1 atom stereocenters. The smallest absolute Gasteiger partial charge is 0.119 e. The van der Waals surface area contributed by atoms with Gasteiger partial charge in [-0.2, -0.15) is 0 Å². The van der Waals surface area contributed by atoms with E-state index in [1.54, 1.807) is 0 Å². The maximum atomic E-state index is 5.99. The Morgan fingerprint density at radius 3 is 2.61 bits per heavy atom. The normalized spacial score (nSPS) is 12.1. The average molecular weight is 398 g/mol. The third-order valence-corrected chi connectivity index (χ3v) is 4.53. The minimum absolute atomic E-state index is 0.0176. The number of hydrogen-bond donors (Lipinski definition) is 0. The van der Waals surface area contributed by atoms with Crippen LogP contribution in [0.5, 0.6) is 5.75 Å². The van der Waals surface area contributed by atoms with Gasteiger partial charge in [0.25, 0.3) is 0 Å². The second-order valence-corrected chi connectivity index (χ2v) is 6.60. The molecule has 0 saturated heterocycles. The van der Waals surface area contributed by atoms with Gasteiger partial charge < -0.3 is 9.47 Å². The molecule has 124 valence electrons. The minimum atomic E-state index is -0.0176. The van der Waals surface area contributed by atoms with Crippen molar-refractivity contribution in [2.45, 2.75) is 32.5 Å². The van der Waals surface area contributed by atoms with Gasteiger partial charge in [-0.3, -0.25) is 0 Å². The van der Waals surface area contributed by atoms with Gasteiger partial charge in [0.1, 0.15) is 5.75 Å². The predicted molar refractivity (Wildman–Crippen MR) is 99.2 cm³/mol. The molecule has 0 amide bonds. The topological polar surface area (TPSA) is 18.5 Å². The summed E-state index contributed by atoms with van der Waals surface area (Å²) in [6.45, 7) is 3.34. The molecule has 2 nitrogen and oxygen atoms in total. The molecule has 2 aromatic carbocycles. The van der Waals surface area contributed by atoms with Crippen molar-refractivity contribution >= 4 is 27.5 Å². The maximum absolute atomic E-state index is 5.99. The highest BCUT2D eigenvalue weighted by Crippen LogP contribution is 2.30. The molecule has 0 fully saturated rings. The van der Waals surface area contributed by atoms with Gasteiger partial charge in [-0.05, 0) is 49.1 Å². The first-order valence-corrected chi connectivity index (χ1v) is 9.17. The first-order chi connectivity index (χ1) is 11.2. The second kappa shape index (κ2) is 9.96. The molecule has 1 unspecified atom stereocenters. The van der Waals surface area contributed by atoms with E-state index in [1.807, 2.05) is 36.4 Å². The number of hydrogen-bond acceptors (Lipinski definition) is 2. The molecule has 4 heteroatoms. The standard InChI is InChI=1S/C19H22BrClO2/c1-15(23-14-16-7-3-2-4-8-16)18-13-17(9-10-19(18)20)22-12-6-5-11-21/h2-4,7-10,13,15H,5-6,11-12,14H2,1H3. The van der Waals surface area contributed by atoms with E-state index in [2.05, 4.69) is 35.0 Å². The molecule has 0 bridgehead atoms. The van der Waals surface area contributed by atoms with E-state index in [1.165, 1.54) is 5.56 Å². The summed E-state index contributed by atoms with van der Waals surface area (Å²) in [5.74, 6) is 1.55.